The maximum atomic E-state index is 11.9. The number of aliphatic carboxylic acids is 1. The molecule has 0 bridgehead atoms. The summed E-state index contributed by atoms with van der Waals surface area (Å²) in [6.07, 6.45) is 3.71. The van der Waals surface area contributed by atoms with Crippen LogP contribution in [0.1, 0.15) is 53.4 Å². The van der Waals surface area contributed by atoms with Gasteiger partial charge in [-0.3, -0.25) is 0 Å². The molecule has 1 saturated carbocycles. The van der Waals surface area contributed by atoms with Crippen LogP contribution in [0, 0.1) is 11.3 Å². The molecule has 19 heavy (non-hydrogen) atoms. The lowest BCUT2D eigenvalue weighted by molar-refractivity contribution is -0.140. The third-order valence-corrected chi connectivity index (χ3v) is 4.07. The zero-order chi connectivity index (χ0) is 14.6. The van der Waals surface area contributed by atoms with Gasteiger partial charge in [-0.05, 0) is 30.6 Å². The van der Waals surface area contributed by atoms with E-state index in [9.17, 15) is 9.59 Å². The van der Waals surface area contributed by atoms with Gasteiger partial charge < -0.3 is 15.7 Å². The molecule has 0 saturated heterocycles. The fourth-order valence-electron chi connectivity index (χ4n) is 2.61. The molecular weight excluding hydrogens is 244 g/mol. The van der Waals surface area contributed by atoms with Crippen LogP contribution in [0.4, 0.5) is 4.79 Å². The van der Waals surface area contributed by atoms with E-state index in [4.69, 9.17) is 5.11 Å². The topological polar surface area (TPSA) is 78.4 Å². The Morgan fingerprint density at radius 3 is 2.47 bits per heavy atom. The summed E-state index contributed by atoms with van der Waals surface area (Å²) in [5, 5.41) is 14.6. The van der Waals surface area contributed by atoms with Gasteiger partial charge in [-0.2, -0.15) is 0 Å². The lowest BCUT2D eigenvalue weighted by Gasteiger charge is -2.22. The summed E-state index contributed by atoms with van der Waals surface area (Å²) < 4.78 is 0. The fourth-order valence-corrected chi connectivity index (χ4v) is 2.61. The lowest BCUT2D eigenvalue weighted by Crippen LogP contribution is -2.51. The Hall–Kier alpha value is -1.26. The molecule has 1 unspecified atom stereocenters. The van der Waals surface area contributed by atoms with Crippen LogP contribution >= 0.6 is 0 Å². The zero-order valence-electron chi connectivity index (χ0n) is 12.3. The van der Waals surface area contributed by atoms with E-state index in [2.05, 4.69) is 24.5 Å². The molecule has 110 valence electrons. The lowest BCUT2D eigenvalue weighted by atomic mass is 9.92. The summed E-state index contributed by atoms with van der Waals surface area (Å²) in [5.41, 5.74) is 0.265. The molecule has 1 aliphatic rings. The number of carboxylic acid groups (broad SMARTS) is 1. The standard InChI is InChI=1S/C14H26N2O3/c1-5-9(2)11(12(17)18)16-13(19)15-10-6-7-14(3,4)8-10/h9-11H,5-8H2,1-4H3,(H,17,18)(H2,15,16,19)/t9-,10?,11-/m0/s1. The minimum atomic E-state index is -0.976. The number of carbonyl (C=O) groups excluding carboxylic acids is 1. The normalized spacial score (nSPS) is 24.5. The number of rotatable bonds is 5. The third-order valence-electron chi connectivity index (χ3n) is 4.07. The summed E-state index contributed by atoms with van der Waals surface area (Å²) in [7, 11) is 0. The molecule has 5 heteroatoms. The van der Waals surface area contributed by atoms with E-state index >= 15 is 0 Å². The van der Waals surface area contributed by atoms with Crippen molar-refractivity contribution in [2.24, 2.45) is 11.3 Å². The molecule has 0 aromatic heterocycles. The van der Waals surface area contributed by atoms with Crippen LogP contribution in [0.25, 0.3) is 0 Å². The summed E-state index contributed by atoms with van der Waals surface area (Å²) in [5.74, 6) is -1.06. The van der Waals surface area contributed by atoms with Crippen molar-refractivity contribution in [1.29, 1.82) is 0 Å². The largest absolute Gasteiger partial charge is 0.480 e. The van der Waals surface area contributed by atoms with E-state index in [1.807, 2.05) is 13.8 Å². The van der Waals surface area contributed by atoms with Gasteiger partial charge in [0.25, 0.3) is 0 Å². The second-order valence-electron chi connectivity index (χ2n) is 6.42. The van der Waals surface area contributed by atoms with Gasteiger partial charge in [0.05, 0.1) is 0 Å². The van der Waals surface area contributed by atoms with Crippen molar-refractivity contribution in [3.63, 3.8) is 0 Å². The minimum absolute atomic E-state index is 0.0803. The van der Waals surface area contributed by atoms with E-state index < -0.39 is 12.0 Å². The number of amides is 2. The Labute approximate surface area is 115 Å². The third kappa shape index (κ3) is 4.73. The van der Waals surface area contributed by atoms with Gasteiger partial charge in [-0.15, -0.1) is 0 Å². The molecular formula is C14H26N2O3. The number of hydrogen-bond donors (Lipinski definition) is 3. The van der Waals surface area contributed by atoms with Crippen LogP contribution in [-0.2, 0) is 4.79 Å². The summed E-state index contributed by atoms with van der Waals surface area (Å²) in [4.78, 5) is 23.0. The second kappa shape index (κ2) is 6.26. The maximum absolute atomic E-state index is 11.9. The molecule has 0 aromatic rings. The molecule has 1 fully saturated rings. The van der Waals surface area contributed by atoms with Gasteiger partial charge in [0.2, 0.25) is 0 Å². The SMILES string of the molecule is CC[C@H](C)[C@H](NC(=O)NC1CCC(C)(C)C1)C(=O)O. The highest BCUT2D eigenvalue weighted by molar-refractivity contribution is 5.82. The molecule has 5 nitrogen and oxygen atoms in total. The summed E-state index contributed by atoms with van der Waals surface area (Å²) >= 11 is 0. The summed E-state index contributed by atoms with van der Waals surface area (Å²) in [6.45, 7) is 8.12. The maximum Gasteiger partial charge on any atom is 0.326 e. The van der Waals surface area contributed by atoms with Gasteiger partial charge in [0.1, 0.15) is 6.04 Å². The molecule has 1 aliphatic carbocycles. The van der Waals surface area contributed by atoms with Gasteiger partial charge in [0, 0.05) is 6.04 Å². The number of hydrogen-bond acceptors (Lipinski definition) is 2. The Bertz CT molecular complexity index is 342. The number of carbonyl (C=O) groups is 2. The van der Waals surface area contributed by atoms with Crippen LogP contribution in [0.5, 0.6) is 0 Å². The van der Waals surface area contributed by atoms with E-state index in [0.717, 1.165) is 19.3 Å². The number of nitrogens with one attached hydrogen (secondary N) is 2. The van der Waals surface area contributed by atoms with Gasteiger partial charge in [-0.1, -0.05) is 34.1 Å². The Balaban J connectivity index is 2.48. The Morgan fingerprint density at radius 2 is 2.05 bits per heavy atom. The molecule has 0 heterocycles. The van der Waals surface area contributed by atoms with Crippen molar-refractivity contribution < 1.29 is 14.7 Å². The van der Waals surface area contributed by atoms with Gasteiger partial charge in [-0.25, -0.2) is 9.59 Å². The highest BCUT2D eigenvalue weighted by Gasteiger charge is 2.32. The first-order valence-corrected chi connectivity index (χ1v) is 7.05. The van der Waals surface area contributed by atoms with E-state index in [0.29, 0.717) is 6.42 Å². The fraction of sp³-hybridized carbons (Fsp3) is 0.857. The molecule has 0 radical (unpaired) electrons. The number of carboxylic acids is 1. The first kappa shape index (κ1) is 15.8. The van der Waals surface area contributed by atoms with Crippen molar-refractivity contribution in [3.05, 3.63) is 0 Å². The van der Waals surface area contributed by atoms with Gasteiger partial charge >= 0.3 is 12.0 Å². The number of urea groups is 1. The smallest absolute Gasteiger partial charge is 0.326 e. The molecule has 0 aliphatic heterocycles. The average molecular weight is 270 g/mol. The summed E-state index contributed by atoms with van der Waals surface area (Å²) in [6, 6.07) is -1.03. The van der Waals surface area contributed by atoms with E-state index in [-0.39, 0.29) is 23.4 Å². The van der Waals surface area contributed by atoms with E-state index in [1.54, 1.807) is 0 Å². The average Bonchev–Trinajstić information content (AvgIpc) is 2.64. The van der Waals surface area contributed by atoms with Crippen LogP contribution in [0.15, 0.2) is 0 Å². The molecule has 0 spiro atoms. The zero-order valence-corrected chi connectivity index (χ0v) is 12.3. The first-order chi connectivity index (χ1) is 8.75. The van der Waals surface area contributed by atoms with Crippen molar-refractivity contribution in [2.45, 2.75) is 65.5 Å². The predicted octanol–water partition coefficient (Wildman–Crippen LogP) is 2.36. The molecule has 0 aromatic carbocycles. The van der Waals surface area contributed by atoms with Crippen molar-refractivity contribution in [2.75, 3.05) is 0 Å². The van der Waals surface area contributed by atoms with E-state index in [1.165, 1.54) is 0 Å². The van der Waals surface area contributed by atoms with Crippen molar-refractivity contribution in [3.8, 4) is 0 Å². The molecule has 1 rings (SSSR count). The molecule has 2 amide bonds. The highest BCUT2D eigenvalue weighted by Crippen LogP contribution is 2.36. The Morgan fingerprint density at radius 1 is 1.42 bits per heavy atom. The first-order valence-electron chi connectivity index (χ1n) is 7.05. The van der Waals surface area contributed by atoms with Crippen LogP contribution in [0.3, 0.4) is 0 Å². The minimum Gasteiger partial charge on any atom is -0.480 e. The van der Waals surface area contributed by atoms with Crippen molar-refractivity contribution >= 4 is 12.0 Å². The predicted molar refractivity (Wildman–Crippen MR) is 74.0 cm³/mol. The van der Waals surface area contributed by atoms with Gasteiger partial charge in [0.15, 0.2) is 0 Å². The van der Waals surface area contributed by atoms with Crippen LogP contribution < -0.4 is 10.6 Å². The Kier molecular flexibility index (Phi) is 5.20. The van der Waals surface area contributed by atoms with Crippen LogP contribution in [-0.4, -0.2) is 29.2 Å². The molecule has 3 N–H and O–H groups in total. The van der Waals surface area contributed by atoms with Crippen molar-refractivity contribution in [1.82, 2.24) is 10.6 Å². The highest BCUT2D eigenvalue weighted by atomic mass is 16.4. The molecule has 3 atom stereocenters. The monoisotopic (exact) mass is 270 g/mol. The van der Waals surface area contributed by atoms with Crippen LogP contribution in [0.2, 0.25) is 0 Å². The second-order valence-corrected chi connectivity index (χ2v) is 6.42. The quantitative estimate of drug-likeness (QED) is 0.717.